The molecule has 0 aliphatic carbocycles. The summed E-state index contributed by atoms with van der Waals surface area (Å²) in [7, 11) is -1.12. The van der Waals surface area contributed by atoms with Crippen molar-refractivity contribution in [2.24, 2.45) is 0 Å². The molecule has 0 bridgehead atoms. The van der Waals surface area contributed by atoms with Crippen LogP contribution in [-0.4, -0.2) is 22.5 Å². The minimum atomic E-state index is -1.12. The summed E-state index contributed by atoms with van der Waals surface area (Å²) in [5.41, 5.74) is 3.26. The van der Waals surface area contributed by atoms with E-state index in [2.05, 4.69) is 10.8 Å². The lowest BCUT2D eigenvalue weighted by Gasteiger charge is -2.08. The Hall–Kier alpha value is -2.18. The third-order valence-corrected chi connectivity index (χ3v) is 4.20. The second kappa shape index (κ2) is 8.96. The maximum Gasteiger partial charge on any atom is 0.338 e. The van der Waals surface area contributed by atoms with Crippen LogP contribution in [0.15, 0.2) is 65.6 Å². The molecule has 2 rings (SSSR count). The molecule has 0 saturated heterocycles. The van der Waals surface area contributed by atoms with Gasteiger partial charge in [-0.25, -0.2) is 10.3 Å². The first kappa shape index (κ1) is 16.2. The molecule has 0 fully saturated rings. The van der Waals surface area contributed by atoms with Crippen LogP contribution in [0, 0.1) is 0 Å². The minimum Gasteiger partial charge on any atom is -0.335 e. The van der Waals surface area contributed by atoms with Crippen LogP contribution >= 0.6 is 0 Å². The number of carbonyl (C=O) groups is 1. The van der Waals surface area contributed by atoms with E-state index >= 15 is 0 Å². The SMILES string of the molecule is O=C(NCCS(=O)c1ccccc1)NOCc1ccccc1. The first-order valence-corrected chi connectivity index (χ1v) is 8.20. The molecule has 22 heavy (non-hydrogen) atoms. The third-order valence-electron chi connectivity index (χ3n) is 2.83. The molecule has 0 saturated carbocycles. The van der Waals surface area contributed by atoms with Crippen molar-refractivity contribution in [3.05, 3.63) is 66.2 Å². The Kier molecular flexibility index (Phi) is 6.60. The summed E-state index contributed by atoms with van der Waals surface area (Å²) in [5.74, 6) is 0.357. The van der Waals surface area contributed by atoms with E-state index in [1.54, 1.807) is 12.1 Å². The average Bonchev–Trinajstić information content (AvgIpc) is 2.56. The first-order chi connectivity index (χ1) is 10.8. The molecule has 1 unspecified atom stereocenters. The molecule has 0 heterocycles. The molecule has 2 aromatic rings. The van der Waals surface area contributed by atoms with Gasteiger partial charge >= 0.3 is 6.03 Å². The molecule has 2 N–H and O–H groups in total. The summed E-state index contributed by atoms with van der Waals surface area (Å²) < 4.78 is 11.9. The Bertz CT molecular complexity index is 605. The molecule has 2 aromatic carbocycles. The summed E-state index contributed by atoms with van der Waals surface area (Å²) in [6.07, 6.45) is 0. The van der Waals surface area contributed by atoms with E-state index in [0.29, 0.717) is 18.9 Å². The van der Waals surface area contributed by atoms with E-state index in [9.17, 15) is 9.00 Å². The van der Waals surface area contributed by atoms with Crippen LogP contribution < -0.4 is 10.8 Å². The number of urea groups is 1. The monoisotopic (exact) mass is 318 g/mol. The van der Waals surface area contributed by atoms with Gasteiger partial charge in [0.1, 0.15) is 0 Å². The van der Waals surface area contributed by atoms with Crippen molar-refractivity contribution in [1.29, 1.82) is 0 Å². The quantitative estimate of drug-likeness (QED) is 0.769. The smallest absolute Gasteiger partial charge is 0.335 e. The maximum absolute atomic E-state index is 11.9. The van der Waals surface area contributed by atoms with Gasteiger partial charge in [0.05, 0.1) is 17.4 Å². The fourth-order valence-electron chi connectivity index (χ4n) is 1.74. The highest BCUT2D eigenvalue weighted by Crippen LogP contribution is 2.04. The van der Waals surface area contributed by atoms with E-state index in [-0.39, 0.29) is 0 Å². The lowest BCUT2D eigenvalue weighted by atomic mass is 10.2. The van der Waals surface area contributed by atoms with Crippen molar-refractivity contribution in [3.8, 4) is 0 Å². The molecular weight excluding hydrogens is 300 g/mol. The molecular formula is C16H18N2O3S. The Morgan fingerprint density at radius 1 is 1.00 bits per heavy atom. The highest BCUT2D eigenvalue weighted by atomic mass is 32.2. The molecule has 0 radical (unpaired) electrons. The summed E-state index contributed by atoms with van der Waals surface area (Å²) in [5, 5.41) is 2.60. The number of hydrogen-bond acceptors (Lipinski definition) is 3. The van der Waals surface area contributed by atoms with Crippen molar-refractivity contribution >= 4 is 16.8 Å². The lowest BCUT2D eigenvalue weighted by Crippen LogP contribution is -2.37. The number of amides is 2. The Labute approximate surface area is 132 Å². The van der Waals surface area contributed by atoms with E-state index < -0.39 is 16.8 Å². The normalized spacial score (nSPS) is 11.6. The van der Waals surface area contributed by atoms with Gasteiger partial charge in [-0.05, 0) is 17.7 Å². The van der Waals surface area contributed by atoms with E-state index in [0.717, 1.165) is 10.5 Å². The fraction of sp³-hybridized carbons (Fsp3) is 0.188. The van der Waals surface area contributed by atoms with Gasteiger partial charge < -0.3 is 5.32 Å². The number of hydroxylamine groups is 1. The van der Waals surface area contributed by atoms with Gasteiger partial charge in [0.15, 0.2) is 0 Å². The number of hydrogen-bond donors (Lipinski definition) is 2. The first-order valence-electron chi connectivity index (χ1n) is 6.88. The largest absolute Gasteiger partial charge is 0.338 e. The molecule has 0 spiro atoms. The van der Waals surface area contributed by atoms with E-state index in [1.807, 2.05) is 48.5 Å². The third kappa shape index (κ3) is 5.67. The molecule has 116 valence electrons. The summed E-state index contributed by atoms with van der Waals surface area (Å²) in [6, 6.07) is 18.2. The zero-order valence-corrected chi connectivity index (χ0v) is 12.8. The van der Waals surface area contributed by atoms with Gasteiger partial charge in [-0.1, -0.05) is 48.5 Å². The van der Waals surface area contributed by atoms with Crippen molar-refractivity contribution in [1.82, 2.24) is 10.8 Å². The number of rotatable bonds is 7. The van der Waals surface area contributed by atoms with Gasteiger partial charge in [-0.2, -0.15) is 0 Å². The van der Waals surface area contributed by atoms with Crippen LogP contribution in [0.3, 0.4) is 0 Å². The van der Waals surface area contributed by atoms with Gasteiger partial charge in [0, 0.05) is 17.2 Å². The zero-order valence-electron chi connectivity index (χ0n) is 12.0. The summed E-state index contributed by atoms with van der Waals surface area (Å²) >= 11 is 0. The lowest BCUT2D eigenvalue weighted by molar-refractivity contribution is 0.0493. The predicted octanol–water partition coefficient (Wildman–Crippen LogP) is 2.23. The van der Waals surface area contributed by atoms with Crippen molar-refractivity contribution < 1.29 is 13.8 Å². The van der Waals surface area contributed by atoms with Gasteiger partial charge in [0.2, 0.25) is 0 Å². The molecule has 0 aromatic heterocycles. The van der Waals surface area contributed by atoms with Crippen LogP contribution in [0.25, 0.3) is 0 Å². The average molecular weight is 318 g/mol. The number of benzene rings is 2. The Morgan fingerprint density at radius 2 is 1.64 bits per heavy atom. The minimum absolute atomic E-state index is 0.296. The number of nitrogens with one attached hydrogen (secondary N) is 2. The second-order valence-corrected chi connectivity index (χ2v) is 6.07. The van der Waals surface area contributed by atoms with E-state index in [4.69, 9.17) is 4.84 Å². The van der Waals surface area contributed by atoms with Crippen LogP contribution in [0.2, 0.25) is 0 Å². The van der Waals surface area contributed by atoms with Crippen molar-refractivity contribution in [2.75, 3.05) is 12.3 Å². The molecule has 1 atom stereocenters. The van der Waals surface area contributed by atoms with Crippen LogP contribution in [0.5, 0.6) is 0 Å². The van der Waals surface area contributed by atoms with Crippen molar-refractivity contribution in [2.45, 2.75) is 11.5 Å². The van der Waals surface area contributed by atoms with Crippen LogP contribution in [0.1, 0.15) is 5.56 Å². The standard InChI is InChI=1S/C16H18N2O3S/c19-16(18-21-13-14-7-3-1-4-8-14)17-11-12-22(20)15-9-5-2-6-10-15/h1-10H,11-13H2,(H2,17,18,19). The topological polar surface area (TPSA) is 67.4 Å². The summed E-state index contributed by atoms with van der Waals surface area (Å²) in [4.78, 5) is 17.3. The van der Waals surface area contributed by atoms with Gasteiger partial charge in [-0.3, -0.25) is 9.05 Å². The van der Waals surface area contributed by atoms with E-state index in [1.165, 1.54) is 0 Å². The van der Waals surface area contributed by atoms with Gasteiger partial charge in [0.25, 0.3) is 0 Å². The molecule has 0 aliphatic heterocycles. The highest BCUT2D eigenvalue weighted by molar-refractivity contribution is 7.85. The van der Waals surface area contributed by atoms with Crippen LogP contribution in [-0.2, 0) is 22.2 Å². The fourth-order valence-corrected chi connectivity index (χ4v) is 2.73. The van der Waals surface area contributed by atoms with Crippen molar-refractivity contribution in [3.63, 3.8) is 0 Å². The highest BCUT2D eigenvalue weighted by Gasteiger charge is 2.04. The van der Waals surface area contributed by atoms with Crippen LogP contribution in [0.4, 0.5) is 4.79 Å². The Balaban J connectivity index is 1.61. The molecule has 6 heteroatoms. The van der Waals surface area contributed by atoms with Gasteiger partial charge in [-0.15, -0.1) is 0 Å². The second-order valence-electron chi connectivity index (χ2n) is 4.49. The predicted molar refractivity (Wildman–Crippen MR) is 85.5 cm³/mol. The Morgan fingerprint density at radius 3 is 2.32 bits per heavy atom. The summed E-state index contributed by atoms with van der Waals surface area (Å²) in [6.45, 7) is 0.603. The molecule has 2 amide bonds. The number of carbonyl (C=O) groups excluding carboxylic acids is 1. The zero-order chi connectivity index (χ0) is 15.6. The maximum atomic E-state index is 11.9. The molecule has 0 aliphatic rings. The molecule has 5 nitrogen and oxygen atoms in total.